The summed E-state index contributed by atoms with van der Waals surface area (Å²) >= 11 is 0. The first-order valence-electron chi connectivity index (χ1n) is 11.7. The third-order valence-corrected chi connectivity index (χ3v) is 6.29. The zero-order valence-corrected chi connectivity index (χ0v) is 19.1. The molecular formula is C26H36N4O2. The summed E-state index contributed by atoms with van der Waals surface area (Å²) in [5.41, 5.74) is 2.18. The molecule has 0 aromatic heterocycles. The van der Waals surface area contributed by atoms with Crippen molar-refractivity contribution in [1.82, 2.24) is 21.3 Å². The van der Waals surface area contributed by atoms with E-state index in [1.807, 2.05) is 74.5 Å². The second-order valence-electron chi connectivity index (χ2n) is 8.87. The van der Waals surface area contributed by atoms with Crippen LogP contribution in [0.25, 0.3) is 0 Å². The highest BCUT2D eigenvalue weighted by Crippen LogP contribution is 2.28. The van der Waals surface area contributed by atoms with Crippen LogP contribution in [0, 0.1) is 11.8 Å². The summed E-state index contributed by atoms with van der Waals surface area (Å²) in [5, 5.41) is 12.1. The number of amides is 4. The highest BCUT2D eigenvalue weighted by Gasteiger charge is 2.23. The smallest absolute Gasteiger partial charge is 0.315 e. The van der Waals surface area contributed by atoms with Crippen LogP contribution in [0.15, 0.2) is 60.7 Å². The van der Waals surface area contributed by atoms with Crippen molar-refractivity contribution < 1.29 is 9.59 Å². The maximum Gasteiger partial charge on any atom is 0.315 e. The van der Waals surface area contributed by atoms with E-state index in [4.69, 9.17) is 0 Å². The third-order valence-electron chi connectivity index (χ3n) is 6.29. The van der Waals surface area contributed by atoms with E-state index in [2.05, 4.69) is 21.3 Å². The fourth-order valence-corrected chi connectivity index (χ4v) is 4.39. The van der Waals surface area contributed by atoms with Crippen LogP contribution >= 0.6 is 0 Å². The molecule has 0 heterocycles. The molecule has 0 bridgehead atoms. The molecule has 1 fully saturated rings. The van der Waals surface area contributed by atoms with E-state index in [-0.39, 0.29) is 24.1 Å². The van der Waals surface area contributed by atoms with Gasteiger partial charge in [-0.1, -0.05) is 67.1 Å². The van der Waals surface area contributed by atoms with E-state index < -0.39 is 0 Å². The largest absolute Gasteiger partial charge is 0.338 e. The fraction of sp³-hybridized carbons (Fsp3) is 0.462. The Hall–Kier alpha value is -3.02. The molecule has 0 radical (unpaired) electrons. The molecule has 0 spiro atoms. The average Bonchev–Trinajstić information content (AvgIpc) is 2.83. The molecule has 4 N–H and O–H groups in total. The van der Waals surface area contributed by atoms with Crippen molar-refractivity contribution in [2.75, 3.05) is 13.1 Å². The van der Waals surface area contributed by atoms with Crippen molar-refractivity contribution in [3.05, 3.63) is 71.8 Å². The van der Waals surface area contributed by atoms with Gasteiger partial charge in [-0.2, -0.15) is 0 Å². The van der Waals surface area contributed by atoms with Crippen LogP contribution in [0.4, 0.5) is 9.59 Å². The first-order chi connectivity index (χ1) is 15.5. The molecule has 4 atom stereocenters. The van der Waals surface area contributed by atoms with Gasteiger partial charge in [-0.05, 0) is 56.1 Å². The van der Waals surface area contributed by atoms with E-state index >= 15 is 0 Å². The lowest BCUT2D eigenvalue weighted by Crippen LogP contribution is -2.42. The molecule has 6 nitrogen and oxygen atoms in total. The molecule has 1 aliphatic rings. The Balaban J connectivity index is 1.35. The molecule has 2 aromatic carbocycles. The molecule has 32 heavy (non-hydrogen) atoms. The number of benzene rings is 2. The molecule has 1 aliphatic carbocycles. The highest BCUT2D eigenvalue weighted by molar-refractivity contribution is 5.74. The number of hydrogen-bond acceptors (Lipinski definition) is 2. The van der Waals surface area contributed by atoms with E-state index in [1.165, 1.54) is 0 Å². The molecule has 4 amide bonds. The van der Waals surface area contributed by atoms with Gasteiger partial charge in [-0.3, -0.25) is 0 Å². The first-order valence-corrected chi connectivity index (χ1v) is 11.7. The summed E-state index contributed by atoms with van der Waals surface area (Å²) in [6.45, 7) is 5.31. The number of carbonyl (C=O) groups is 2. The van der Waals surface area contributed by atoms with Crippen molar-refractivity contribution in [3.8, 4) is 0 Å². The summed E-state index contributed by atoms with van der Waals surface area (Å²) in [4.78, 5) is 24.6. The average molecular weight is 437 g/mol. The topological polar surface area (TPSA) is 82.3 Å². The number of carbonyl (C=O) groups excluding carboxylic acids is 2. The molecule has 2 aromatic rings. The Kier molecular flexibility index (Phi) is 8.96. The van der Waals surface area contributed by atoms with Crippen LogP contribution in [0.1, 0.15) is 62.7 Å². The lowest BCUT2D eigenvalue weighted by atomic mass is 9.81. The second-order valence-corrected chi connectivity index (χ2v) is 8.87. The van der Waals surface area contributed by atoms with Gasteiger partial charge >= 0.3 is 12.1 Å². The highest BCUT2D eigenvalue weighted by atomic mass is 16.2. The number of hydrogen-bond donors (Lipinski definition) is 4. The van der Waals surface area contributed by atoms with Gasteiger partial charge in [0.2, 0.25) is 0 Å². The summed E-state index contributed by atoms with van der Waals surface area (Å²) in [6.07, 6.45) is 4.37. The summed E-state index contributed by atoms with van der Waals surface area (Å²) in [5.74, 6) is 0.888. The van der Waals surface area contributed by atoms with E-state index in [9.17, 15) is 9.59 Å². The van der Waals surface area contributed by atoms with E-state index in [1.54, 1.807) is 0 Å². The molecule has 3 rings (SSSR count). The Morgan fingerprint density at radius 2 is 1.16 bits per heavy atom. The number of urea groups is 2. The standard InChI is InChI=1S/C26H36N4O2/c1-19(23-12-5-3-6-13-23)29-25(31)27-17-21-10-9-11-22(16-21)18-28-26(32)30-20(2)24-14-7-4-8-15-24/h3-8,12-15,19-22H,9-11,16-18H2,1-2H3,(H2,27,29,31)(H2,28,30,32)/t19-,20+,21+,22-. The Morgan fingerprint density at radius 1 is 0.750 bits per heavy atom. The van der Waals surface area contributed by atoms with Crippen molar-refractivity contribution >= 4 is 12.1 Å². The predicted molar refractivity (Wildman–Crippen MR) is 128 cm³/mol. The fourth-order valence-electron chi connectivity index (χ4n) is 4.39. The minimum Gasteiger partial charge on any atom is -0.338 e. The van der Waals surface area contributed by atoms with Gasteiger partial charge in [-0.15, -0.1) is 0 Å². The van der Waals surface area contributed by atoms with Gasteiger partial charge in [-0.25, -0.2) is 9.59 Å². The van der Waals surface area contributed by atoms with E-state index in [0.29, 0.717) is 24.9 Å². The van der Waals surface area contributed by atoms with Gasteiger partial charge in [0.15, 0.2) is 0 Å². The number of nitrogens with one attached hydrogen (secondary N) is 4. The molecule has 6 heteroatoms. The SMILES string of the molecule is C[C@H](NC(=O)NC[C@@H]1CCC[C@H](CNC(=O)N[C@H](C)c2ccccc2)C1)c1ccccc1. The van der Waals surface area contributed by atoms with Crippen molar-refractivity contribution in [2.45, 2.75) is 51.6 Å². The van der Waals surface area contributed by atoms with Crippen LogP contribution in [0.2, 0.25) is 0 Å². The molecule has 1 saturated carbocycles. The van der Waals surface area contributed by atoms with Crippen LogP contribution in [-0.2, 0) is 0 Å². The van der Waals surface area contributed by atoms with Crippen LogP contribution in [-0.4, -0.2) is 25.2 Å². The van der Waals surface area contributed by atoms with Gasteiger partial charge < -0.3 is 21.3 Å². The van der Waals surface area contributed by atoms with Gasteiger partial charge in [0, 0.05) is 13.1 Å². The molecule has 172 valence electrons. The Bertz CT molecular complexity index is 774. The first kappa shape index (κ1) is 23.6. The van der Waals surface area contributed by atoms with E-state index in [0.717, 1.165) is 36.8 Å². The second kappa shape index (κ2) is 12.1. The Morgan fingerprint density at radius 3 is 1.56 bits per heavy atom. The third kappa shape index (κ3) is 7.59. The van der Waals surface area contributed by atoms with Gasteiger partial charge in [0.25, 0.3) is 0 Å². The van der Waals surface area contributed by atoms with Gasteiger partial charge in [0.05, 0.1) is 12.1 Å². The lowest BCUT2D eigenvalue weighted by molar-refractivity contribution is 0.219. The summed E-state index contributed by atoms with van der Waals surface area (Å²) < 4.78 is 0. The summed E-state index contributed by atoms with van der Waals surface area (Å²) in [6, 6.07) is 19.6. The minimum atomic E-state index is -0.129. The van der Waals surface area contributed by atoms with Crippen LogP contribution in [0.3, 0.4) is 0 Å². The Labute approximate surface area is 191 Å². The zero-order chi connectivity index (χ0) is 22.8. The molecule has 0 unspecified atom stereocenters. The summed E-state index contributed by atoms with van der Waals surface area (Å²) in [7, 11) is 0. The van der Waals surface area contributed by atoms with Crippen molar-refractivity contribution in [3.63, 3.8) is 0 Å². The minimum absolute atomic E-state index is 0.0312. The maximum atomic E-state index is 12.3. The zero-order valence-electron chi connectivity index (χ0n) is 19.1. The molecule has 0 saturated heterocycles. The maximum absolute atomic E-state index is 12.3. The van der Waals surface area contributed by atoms with Crippen LogP contribution in [0.5, 0.6) is 0 Å². The quantitative estimate of drug-likeness (QED) is 0.474. The predicted octanol–water partition coefficient (Wildman–Crippen LogP) is 4.91. The lowest BCUT2D eigenvalue weighted by Gasteiger charge is -2.29. The monoisotopic (exact) mass is 436 g/mol. The molecular weight excluding hydrogens is 400 g/mol. The normalized spacial score (nSPS) is 19.9. The van der Waals surface area contributed by atoms with Gasteiger partial charge in [0.1, 0.15) is 0 Å². The number of rotatable bonds is 8. The van der Waals surface area contributed by atoms with Crippen LogP contribution < -0.4 is 21.3 Å². The van der Waals surface area contributed by atoms with Crippen molar-refractivity contribution in [2.24, 2.45) is 11.8 Å². The molecule has 0 aliphatic heterocycles. The van der Waals surface area contributed by atoms with Crippen molar-refractivity contribution in [1.29, 1.82) is 0 Å².